The van der Waals surface area contributed by atoms with Crippen molar-refractivity contribution in [3.8, 4) is 5.75 Å². The van der Waals surface area contributed by atoms with Gasteiger partial charge in [-0.15, -0.1) is 0 Å². The zero-order valence-electron chi connectivity index (χ0n) is 11.6. The summed E-state index contributed by atoms with van der Waals surface area (Å²) in [6.07, 6.45) is 2.18. The van der Waals surface area contributed by atoms with Crippen LogP contribution in [-0.2, 0) is 4.74 Å². The number of nitrogens with zero attached hydrogens (tertiary/aromatic N) is 1. The molecule has 3 rings (SSSR count). The van der Waals surface area contributed by atoms with Crippen LogP contribution < -0.4 is 9.64 Å². The maximum Gasteiger partial charge on any atom is 0.335 e. The van der Waals surface area contributed by atoms with Gasteiger partial charge >= 0.3 is 5.97 Å². The van der Waals surface area contributed by atoms with Crippen LogP contribution >= 0.6 is 0 Å². The first kappa shape index (κ1) is 13.2. The van der Waals surface area contributed by atoms with Crippen LogP contribution in [0.4, 0.5) is 5.69 Å². The van der Waals surface area contributed by atoms with Gasteiger partial charge < -0.3 is 19.5 Å². The van der Waals surface area contributed by atoms with Crippen molar-refractivity contribution in [1.82, 2.24) is 0 Å². The lowest BCUT2D eigenvalue weighted by Crippen LogP contribution is -2.58. The number of benzene rings is 1. The van der Waals surface area contributed by atoms with Gasteiger partial charge in [-0.2, -0.15) is 0 Å². The van der Waals surface area contributed by atoms with Crippen LogP contribution in [0.15, 0.2) is 18.2 Å². The van der Waals surface area contributed by atoms with Crippen molar-refractivity contribution in [2.24, 2.45) is 5.41 Å². The molecule has 2 aliphatic rings. The van der Waals surface area contributed by atoms with Gasteiger partial charge in [-0.25, -0.2) is 4.79 Å². The minimum absolute atomic E-state index is 0.300. The molecule has 0 aliphatic carbocycles. The minimum atomic E-state index is -0.907. The van der Waals surface area contributed by atoms with Crippen molar-refractivity contribution in [2.75, 3.05) is 38.3 Å². The number of carbonyl (C=O) groups is 1. The third-order valence-electron chi connectivity index (χ3n) is 4.37. The second-order valence-corrected chi connectivity index (χ2v) is 5.66. The maximum atomic E-state index is 11.1. The Labute approximate surface area is 118 Å². The molecule has 0 saturated carbocycles. The smallest absolute Gasteiger partial charge is 0.335 e. The Morgan fingerprint density at radius 3 is 2.65 bits per heavy atom. The molecule has 0 bridgehead atoms. The monoisotopic (exact) mass is 277 g/mol. The molecule has 5 heteroatoms. The highest BCUT2D eigenvalue weighted by atomic mass is 16.5. The lowest BCUT2D eigenvalue weighted by Gasteiger charge is -2.53. The van der Waals surface area contributed by atoms with E-state index in [0.29, 0.717) is 11.0 Å². The summed E-state index contributed by atoms with van der Waals surface area (Å²) in [7, 11) is 1.61. The van der Waals surface area contributed by atoms with Crippen molar-refractivity contribution >= 4 is 11.7 Å². The van der Waals surface area contributed by atoms with Crippen LogP contribution in [0.3, 0.4) is 0 Å². The summed E-state index contributed by atoms with van der Waals surface area (Å²) in [6.45, 7) is 3.58. The number of anilines is 1. The molecule has 0 unspecified atom stereocenters. The molecular formula is C15H19NO4. The number of ether oxygens (including phenoxy) is 2. The van der Waals surface area contributed by atoms with Crippen LogP contribution in [0.5, 0.6) is 5.75 Å². The van der Waals surface area contributed by atoms with E-state index < -0.39 is 5.97 Å². The highest BCUT2D eigenvalue weighted by Crippen LogP contribution is 2.44. The van der Waals surface area contributed by atoms with E-state index in [-0.39, 0.29) is 0 Å². The summed E-state index contributed by atoms with van der Waals surface area (Å²) in [5.41, 5.74) is 1.53. The van der Waals surface area contributed by atoms with Crippen molar-refractivity contribution < 1.29 is 19.4 Å². The molecule has 0 amide bonds. The zero-order chi connectivity index (χ0) is 14.2. The largest absolute Gasteiger partial charge is 0.495 e. The van der Waals surface area contributed by atoms with E-state index >= 15 is 0 Å². The number of methoxy groups -OCH3 is 1. The van der Waals surface area contributed by atoms with Gasteiger partial charge in [0.2, 0.25) is 0 Å². The van der Waals surface area contributed by atoms with Gasteiger partial charge in [-0.05, 0) is 31.0 Å². The standard InChI is InChI=1S/C15H19NO4/c1-19-13-3-2-11(14(17)18)8-12(13)16-9-15(10-16)4-6-20-7-5-15/h2-3,8H,4-7,9-10H2,1H3,(H,17,18). The van der Waals surface area contributed by atoms with Crippen molar-refractivity contribution in [2.45, 2.75) is 12.8 Å². The van der Waals surface area contributed by atoms with Gasteiger partial charge in [0.05, 0.1) is 18.4 Å². The van der Waals surface area contributed by atoms with E-state index in [9.17, 15) is 4.79 Å². The number of carboxylic acid groups (broad SMARTS) is 1. The number of rotatable bonds is 3. The highest BCUT2D eigenvalue weighted by molar-refractivity contribution is 5.89. The average molecular weight is 277 g/mol. The molecule has 2 saturated heterocycles. The molecule has 108 valence electrons. The van der Waals surface area contributed by atoms with E-state index in [1.165, 1.54) is 0 Å². The van der Waals surface area contributed by atoms with Crippen LogP contribution in [0.2, 0.25) is 0 Å². The fraction of sp³-hybridized carbons (Fsp3) is 0.533. The first-order chi connectivity index (χ1) is 9.63. The Hall–Kier alpha value is -1.75. The lowest BCUT2D eigenvalue weighted by atomic mass is 9.73. The molecule has 1 spiro atoms. The Balaban J connectivity index is 1.80. The third-order valence-corrected chi connectivity index (χ3v) is 4.37. The van der Waals surface area contributed by atoms with Crippen LogP contribution in [0.25, 0.3) is 0 Å². The van der Waals surface area contributed by atoms with Crippen molar-refractivity contribution in [3.05, 3.63) is 23.8 Å². The topological polar surface area (TPSA) is 59.0 Å². The van der Waals surface area contributed by atoms with Crippen LogP contribution in [0.1, 0.15) is 23.2 Å². The fourth-order valence-corrected chi connectivity index (χ4v) is 3.12. The van der Waals surface area contributed by atoms with E-state index in [4.69, 9.17) is 14.6 Å². The minimum Gasteiger partial charge on any atom is -0.495 e. The molecule has 20 heavy (non-hydrogen) atoms. The predicted molar refractivity (Wildman–Crippen MR) is 74.7 cm³/mol. The molecular weight excluding hydrogens is 258 g/mol. The number of hydrogen-bond acceptors (Lipinski definition) is 4. The molecule has 5 nitrogen and oxygen atoms in total. The molecule has 2 heterocycles. The number of aromatic carboxylic acids is 1. The zero-order valence-corrected chi connectivity index (χ0v) is 11.6. The van der Waals surface area contributed by atoms with Gasteiger partial charge in [-0.3, -0.25) is 0 Å². The number of carboxylic acids is 1. The van der Waals surface area contributed by atoms with Gasteiger partial charge in [0.1, 0.15) is 5.75 Å². The molecule has 2 fully saturated rings. The summed E-state index contributed by atoms with van der Waals surface area (Å²) in [5.74, 6) is -0.174. The second-order valence-electron chi connectivity index (χ2n) is 5.66. The van der Waals surface area contributed by atoms with Crippen LogP contribution in [-0.4, -0.2) is 44.5 Å². The van der Waals surface area contributed by atoms with E-state index in [0.717, 1.165) is 50.6 Å². The lowest BCUT2D eigenvalue weighted by molar-refractivity contribution is -0.000314. The molecule has 1 aromatic carbocycles. The van der Waals surface area contributed by atoms with Gasteiger partial charge in [0.25, 0.3) is 0 Å². The average Bonchev–Trinajstić information content (AvgIpc) is 2.44. The molecule has 2 aliphatic heterocycles. The van der Waals surface area contributed by atoms with E-state index in [2.05, 4.69) is 4.90 Å². The normalized spacial score (nSPS) is 20.6. The van der Waals surface area contributed by atoms with Gasteiger partial charge in [-0.1, -0.05) is 0 Å². The summed E-state index contributed by atoms with van der Waals surface area (Å²) >= 11 is 0. The van der Waals surface area contributed by atoms with Crippen LogP contribution in [0, 0.1) is 5.41 Å². The van der Waals surface area contributed by atoms with Crippen molar-refractivity contribution in [3.63, 3.8) is 0 Å². The SMILES string of the molecule is COc1ccc(C(=O)O)cc1N1CC2(CCOCC2)C1. The molecule has 0 radical (unpaired) electrons. The predicted octanol–water partition coefficient (Wildman–Crippen LogP) is 2.01. The Kier molecular flexibility index (Phi) is 3.30. The highest BCUT2D eigenvalue weighted by Gasteiger charge is 2.44. The Morgan fingerprint density at radius 2 is 2.05 bits per heavy atom. The Bertz CT molecular complexity index is 515. The molecule has 0 atom stereocenters. The summed E-state index contributed by atoms with van der Waals surface area (Å²) < 4.78 is 10.8. The summed E-state index contributed by atoms with van der Waals surface area (Å²) in [4.78, 5) is 13.3. The molecule has 1 aromatic rings. The maximum absolute atomic E-state index is 11.1. The van der Waals surface area contributed by atoms with Gasteiger partial charge in [0, 0.05) is 31.7 Å². The van der Waals surface area contributed by atoms with E-state index in [1.807, 2.05) is 0 Å². The van der Waals surface area contributed by atoms with Gasteiger partial charge in [0.15, 0.2) is 0 Å². The van der Waals surface area contributed by atoms with E-state index in [1.54, 1.807) is 25.3 Å². The Morgan fingerprint density at radius 1 is 1.35 bits per heavy atom. The second kappa shape index (κ2) is 4.98. The third kappa shape index (κ3) is 2.22. The fourth-order valence-electron chi connectivity index (χ4n) is 3.12. The summed E-state index contributed by atoms with van der Waals surface area (Å²) in [5, 5.41) is 9.11. The molecule has 0 aromatic heterocycles. The molecule has 1 N–H and O–H groups in total. The first-order valence-electron chi connectivity index (χ1n) is 6.88. The quantitative estimate of drug-likeness (QED) is 0.916. The number of hydrogen-bond donors (Lipinski definition) is 1. The first-order valence-corrected chi connectivity index (χ1v) is 6.88. The van der Waals surface area contributed by atoms with Crippen molar-refractivity contribution in [1.29, 1.82) is 0 Å². The summed E-state index contributed by atoms with van der Waals surface area (Å²) in [6, 6.07) is 5.01.